The molecule has 0 atom stereocenters. The van der Waals surface area contributed by atoms with E-state index >= 15 is 0 Å². The van der Waals surface area contributed by atoms with E-state index in [2.05, 4.69) is 34.0 Å². The number of nitrogens with one attached hydrogen (secondary N) is 1. The number of aryl methyl sites for hydroxylation is 2. The van der Waals surface area contributed by atoms with Crippen molar-refractivity contribution in [3.63, 3.8) is 0 Å². The summed E-state index contributed by atoms with van der Waals surface area (Å²) in [5, 5.41) is 4.90. The van der Waals surface area contributed by atoms with E-state index < -0.39 is 0 Å². The number of hydrogen-bond acceptors (Lipinski definition) is 3. The van der Waals surface area contributed by atoms with Crippen LogP contribution in [-0.2, 0) is 19.4 Å². The third kappa shape index (κ3) is 2.62. The highest BCUT2D eigenvalue weighted by atomic mass is 127. The number of rotatable bonds is 3. The van der Waals surface area contributed by atoms with Crippen molar-refractivity contribution in [2.24, 2.45) is 0 Å². The standard InChI is InChI=1S/C13H12INOS2/c14-12-5-9(7-17-12)13(16)15-6-10-4-8-2-1-3-11(8)18-10/h4-5,7H,1-3,6H2,(H,15,16). The number of halogens is 1. The fourth-order valence-electron chi connectivity index (χ4n) is 2.18. The van der Waals surface area contributed by atoms with E-state index in [1.165, 1.54) is 34.6 Å². The minimum atomic E-state index is 0.0303. The van der Waals surface area contributed by atoms with Crippen LogP contribution in [0.4, 0.5) is 0 Å². The average molecular weight is 389 g/mol. The second-order valence-electron chi connectivity index (χ2n) is 4.34. The van der Waals surface area contributed by atoms with Crippen LogP contribution in [0.3, 0.4) is 0 Å². The van der Waals surface area contributed by atoms with Crippen molar-refractivity contribution < 1.29 is 4.79 Å². The summed E-state index contributed by atoms with van der Waals surface area (Å²) in [6.45, 7) is 0.656. The Morgan fingerprint density at radius 2 is 2.28 bits per heavy atom. The Bertz CT molecular complexity index is 566. The van der Waals surface area contributed by atoms with Gasteiger partial charge in [-0.3, -0.25) is 4.79 Å². The van der Waals surface area contributed by atoms with Crippen molar-refractivity contribution >= 4 is 51.2 Å². The fraction of sp³-hybridized carbons (Fsp3) is 0.308. The van der Waals surface area contributed by atoms with E-state index in [4.69, 9.17) is 0 Å². The zero-order valence-electron chi connectivity index (χ0n) is 9.66. The average Bonchev–Trinajstić information content (AvgIpc) is 3.00. The van der Waals surface area contributed by atoms with Crippen molar-refractivity contribution in [3.8, 4) is 0 Å². The monoisotopic (exact) mass is 389 g/mol. The number of thiophene rings is 2. The molecule has 0 spiro atoms. The van der Waals surface area contributed by atoms with E-state index in [0.717, 1.165) is 8.45 Å². The molecule has 0 fully saturated rings. The van der Waals surface area contributed by atoms with Gasteiger partial charge in [-0.1, -0.05) is 0 Å². The second kappa shape index (κ2) is 5.30. The lowest BCUT2D eigenvalue weighted by molar-refractivity contribution is 0.0951. The van der Waals surface area contributed by atoms with Crippen LogP contribution < -0.4 is 5.32 Å². The quantitative estimate of drug-likeness (QED) is 0.795. The normalized spacial score (nSPS) is 13.6. The van der Waals surface area contributed by atoms with Gasteiger partial charge < -0.3 is 5.32 Å². The molecule has 18 heavy (non-hydrogen) atoms. The zero-order chi connectivity index (χ0) is 12.5. The van der Waals surface area contributed by atoms with Crippen LogP contribution in [0.15, 0.2) is 17.5 Å². The van der Waals surface area contributed by atoms with Crippen LogP contribution in [-0.4, -0.2) is 5.91 Å². The van der Waals surface area contributed by atoms with E-state index in [-0.39, 0.29) is 5.91 Å². The highest BCUT2D eigenvalue weighted by molar-refractivity contribution is 14.1. The molecule has 0 unspecified atom stereocenters. The number of carbonyl (C=O) groups is 1. The van der Waals surface area contributed by atoms with E-state index in [1.807, 2.05) is 22.8 Å². The second-order valence-corrected chi connectivity index (χ2v) is 8.36. The summed E-state index contributed by atoms with van der Waals surface area (Å²) in [6.07, 6.45) is 3.72. The molecule has 2 heterocycles. The maximum Gasteiger partial charge on any atom is 0.252 e. The lowest BCUT2D eigenvalue weighted by atomic mass is 10.2. The molecule has 2 aromatic heterocycles. The molecule has 5 heteroatoms. The SMILES string of the molecule is O=C(NCc1cc2c(s1)CCC2)c1csc(I)c1. The van der Waals surface area contributed by atoms with E-state index in [9.17, 15) is 4.79 Å². The fourth-order valence-corrected chi connectivity index (χ4v) is 4.70. The molecule has 0 aliphatic heterocycles. The molecule has 2 nitrogen and oxygen atoms in total. The van der Waals surface area contributed by atoms with Crippen LogP contribution in [0, 0.1) is 2.88 Å². The van der Waals surface area contributed by atoms with Gasteiger partial charge in [0.1, 0.15) is 0 Å². The van der Waals surface area contributed by atoms with Gasteiger partial charge in [-0.05, 0) is 59.5 Å². The first kappa shape index (κ1) is 12.6. The first-order chi connectivity index (χ1) is 8.72. The van der Waals surface area contributed by atoms with Gasteiger partial charge in [0.15, 0.2) is 0 Å². The number of amides is 1. The minimum absolute atomic E-state index is 0.0303. The third-order valence-corrected chi connectivity index (χ3v) is 6.08. The Kier molecular flexibility index (Phi) is 3.72. The molecule has 0 bridgehead atoms. The van der Waals surface area contributed by atoms with Crippen molar-refractivity contribution in [2.75, 3.05) is 0 Å². The molecule has 2 aromatic rings. The highest BCUT2D eigenvalue weighted by Crippen LogP contribution is 2.30. The molecule has 0 radical (unpaired) electrons. The van der Waals surface area contributed by atoms with Gasteiger partial charge in [-0.25, -0.2) is 0 Å². The molecular formula is C13H12INOS2. The van der Waals surface area contributed by atoms with Gasteiger partial charge >= 0.3 is 0 Å². The summed E-state index contributed by atoms with van der Waals surface area (Å²) >= 11 is 5.69. The summed E-state index contributed by atoms with van der Waals surface area (Å²) in [6, 6.07) is 4.18. The Hall–Kier alpha value is -0.400. The summed E-state index contributed by atoms with van der Waals surface area (Å²) in [4.78, 5) is 14.7. The molecule has 0 saturated carbocycles. The largest absolute Gasteiger partial charge is 0.347 e. The van der Waals surface area contributed by atoms with Crippen molar-refractivity contribution in [2.45, 2.75) is 25.8 Å². The summed E-state index contributed by atoms with van der Waals surface area (Å²) in [5.74, 6) is 0.0303. The van der Waals surface area contributed by atoms with Crippen molar-refractivity contribution in [1.29, 1.82) is 0 Å². The van der Waals surface area contributed by atoms with Gasteiger partial charge in [0.05, 0.1) is 15.0 Å². The van der Waals surface area contributed by atoms with Crippen LogP contribution in [0.5, 0.6) is 0 Å². The first-order valence-corrected chi connectivity index (χ1v) is 8.62. The van der Waals surface area contributed by atoms with Crippen LogP contribution in [0.2, 0.25) is 0 Å². The summed E-state index contributed by atoms with van der Waals surface area (Å²) < 4.78 is 1.15. The van der Waals surface area contributed by atoms with Gasteiger partial charge in [0.25, 0.3) is 5.91 Å². The summed E-state index contributed by atoms with van der Waals surface area (Å²) in [7, 11) is 0. The lowest BCUT2D eigenvalue weighted by Crippen LogP contribution is -2.21. The van der Waals surface area contributed by atoms with Crippen LogP contribution in [0.25, 0.3) is 0 Å². The molecular weight excluding hydrogens is 377 g/mol. The highest BCUT2D eigenvalue weighted by Gasteiger charge is 2.15. The first-order valence-electron chi connectivity index (χ1n) is 5.85. The van der Waals surface area contributed by atoms with E-state index in [0.29, 0.717) is 6.54 Å². The smallest absolute Gasteiger partial charge is 0.252 e. The molecule has 0 saturated heterocycles. The van der Waals surface area contributed by atoms with E-state index in [1.54, 1.807) is 11.3 Å². The third-order valence-electron chi connectivity index (χ3n) is 3.05. The van der Waals surface area contributed by atoms with Gasteiger partial charge in [0, 0.05) is 15.1 Å². The van der Waals surface area contributed by atoms with Crippen molar-refractivity contribution in [3.05, 3.63) is 41.3 Å². The molecule has 0 aromatic carbocycles. The predicted octanol–water partition coefficient (Wildman–Crippen LogP) is 3.83. The van der Waals surface area contributed by atoms with Crippen LogP contribution in [0.1, 0.15) is 32.1 Å². The molecule has 94 valence electrons. The van der Waals surface area contributed by atoms with Gasteiger partial charge in [-0.2, -0.15) is 0 Å². The van der Waals surface area contributed by atoms with Crippen LogP contribution >= 0.6 is 45.3 Å². The lowest BCUT2D eigenvalue weighted by Gasteiger charge is -2.01. The Morgan fingerprint density at radius 1 is 1.39 bits per heavy atom. The molecule has 1 aliphatic carbocycles. The Balaban J connectivity index is 1.62. The molecule has 1 N–H and O–H groups in total. The zero-order valence-corrected chi connectivity index (χ0v) is 13.5. The minimum Gasteiger partial charge on any atom is -0.347 e. The predicted molar refractivity (Wildman–Crippen MR) is 84.6 cm³/mol. The number of carbonyl (C=O) groups excluding carboxylic acids is 1. The summed E-state index contributed by atoms with van der Waals surface area (Å²) in [5.41, 5.74) is 2.27. The number of fused-ring (bicyclic) bond motifs is 1. The Morgan fingerprint density at radius 3 is 3.00 bits per heavy atom. The maximum absolute atomic E-state index is 11.9. The number of hydrogen-bond donors (Lipinski definition) is 1. The topological polar surface area (TPSA) is 29.1 Å². The van der Waals surface area contributed by atoms with Crippen molar-refractivity contribution in [1.82, 2.24) is 5.32 Å². The van der Waals surface area contributed by atoms with Gasteiger partial charge in [0.2, 0.25) is 0 Å². The maximum atomic E-state index is 11.9. The van der Waals surface area contributed by atoms with Gasteiger partial charge in [-0.15, -0.1) is 22.7 Å². The molecule has 1 aliphatic rings. The molecule has 1 amide bonds. The Labute approximate surface area is 128 Å². The molecule has 3 rings (SSSR count).